The first kappa shape index (κ1) is 19.6. The minimum atomic E-state index is 0. The zero-order valence-corrected chi connectivity index (χ0v) is 15.5. The molecular formula is C20H18Cl2N4. The minimum Gasteiger partial charge on any atom is -0.365 e. The summed E-state index contributed by atoms with van der Waals surface area (Å²) in [5.41, 5.74) is 2.88. The number of pyridine rings is 1. The van der Waals surface area contributed by atoms with Crippen LogP contribution in [0.2, 0.25) is 0 Å². The van der Waals surface area contributed by atoms with Crippen LogP contribution in [0.4, 0.5) is 5.82 Å². The number of fused-ring (bicyclic) bond motifs is 1. The average Bonchev–Trinajstić information content (AvgIpc) is 2.67. The quantitative estimate of drug-likeness (QED) is 0.528. The van der Waals surface area contributed by atoms with E-state index in [1.807, 2.05) is 60.7 Å². The molecule has 0 aliphatic rings. The number of nitrogens with one attached hydrogen (secondary N) is 1. The van der Waals surface area contributed by atoms with E-state index in [1.54, 1.807) is 6.20 Å². The van der Waals surface area contributed by atoms with Crippen LogP contribution in [0.15, 0.2) is 79.0 Å². The maximum atomic E-state index is 4.70. The van der Waals surface area contributed by atoms with Crippen LogP contribution < -0.4 is 5.32 Å². The second-order valence-electron chi connectivity index (χ2n) is 5.47. The van der Waals surface area contributed by atoms with Gasteiger partial charge in [0.25, 0.3) is 0 Å². The van der Waals surface area contributed by atoms with E-state index in [2.05, 4.69) is 27.4 Å². The highest BCUT2D eigenvalue weighted by Gasteiger charge is 2.09. The van der Waals surface area contributed by atoms with Gasteiger partial charge in [-0.05, 0) is 29.8 Å². The van der Waals surface area contributed by atoms with Crippen LogP contribution in [-0.4, -0.2) is 15.0 Å². The van der Waals surface area contributed by atoms with Crippen molar-refractivity contribution >= 4 is 41.5 Å². The van der Waals surface area contributed by atoms with Crippen LogP contribution in [0.25, 0.3) is 22.4 Å². The molecule has 1 N–H and O–H groups in total. The molecule has 0 atom stereocenters. The molecule has 4 nitrogen and oxygen atoms in total. The molecule has 0 bridgehead atoms. The van der Waals surface area contributed by atoms with Gasteiger partial charge in [-0.15, -0.1) is 24.8 Å². The van der Waals surface area contributed by atoms with Crippen molar-refractivity contribution in [2.45, 2.75) is 6.54 Å². The molecule has 2 aromatic carbocycles. The van der Waals surface area contributed by atoms with E-state index in [4.69, 9.17) is 4.98 Å². The van der Waals surface area contributed by atoms with Gasteiger partial charge in [-0.2, -0.15) is 0 Å². The molecule has 0 spiro atoms. The summed E-state index contributed by atoms with van der Waals surface area (Å²) < 4.78 is 0. The Morgan fingerprint density at radius 3 is 2.23 bits per heavy atom. The predicted molar refractivity (Wildman–Crippen MR) is 111 cm³/mol. The highest BCUT2D eigenvalue weighted by molar-refractivity contribution is 5.90. The standard InChI is InChI=1S/C20H16N4.2ClH/c1-2-8-15(9-3-1)14-22-19-16-10-4-5-11-17(16)23-20(24-19)18-12-6-7-13-21-18;;/h1-13H,14H2,(H,22,23,24);2*1H. The molecule has 0 fully saturated rings. The number of benzene rings is 2. The van der Waals surface area contributed by atoms with Gasteiger partial charge < -0.3 is 5.32 Å². The summed E-state index contributed by atoms with van der Waals surface area (Å²) in [4.78, 5) is 13.7. The van der Waals surface area contributed by atoms with Crippen molar-refractivity contribution in [1.82, 2.24) is 15.0 Å². The van der Waals surface area contributed by atoms with Crippen molar-refractivity contribution in [3.05, 3.63) is 84.6 Å². The summed E-state index contributed by atoms with van der Waals surface area (Å²) in [6, 6.07) is 24.0. The van der Waals surface area contributed by atoms with Gasteiger partial charge in [0.2, 0.25) is 0 Å². The molecule has 26 heavy (non-hydrogen) atoms. The average molecular weight is 385 g/mol. The van der Waals surface area contributed by atoms with Crippen molar-refractivity contribution in [2.75, 3.05) is 5.32 Å². The van der Waals surface area contributed by atoms with Gasteiger partial charge in [0, 0.05) is 18.1 Å². The second-order valence-corrected chi connectivity index (χ2v) is 5.47. The van der Waals surface area contributed by atoms with Crippen LogP contribution in [-0.2, 0) is 6.54 Å². The van der Waals surface area contributed by atoms with Gasteiger partial charge in [0.1, 0.15) is 11.5 Å². The summed E-state index contributed by atoms with van der Waals surface area (Å²) >= 11 is 0. The molecule has 4 rings (SSSR count). The highest BCUT2D eigenvalue weighted by atomic mass is 35.5. The van der Waals surface area contributed by atoms with Crippen molar-refractivity contribution in [3.63, 3.8) is 0 Å². The van der Waals surface area contributed by atoms with Crippen molar-refractivity contribution in [1.29, 1.82) is 0 Å². The maximum Gasteiger partial charge on any atom is 0.180 e. The Morgan fingerprint density at radius 2 is 1.46 bits per heavy atom. The number of nitrogens with zero attached hydrogens (tertiary/aromatic N) is 3. The summed E-state index contributed by atoms with van der Waals surface area (Å²) in [5.74, 6) is 1.45. The lowest BCUT2D eigenvalue weighted by atomic mass is 10.2. The fourth-order valence-corrected chi connectivity index (χ4v) is 2.60. The number of hydrogen-bond donors (Lipinski definition) is 1. The van der Waals surface area contributed by atoms with E-state index in [0.717, 1.165) is 22.4 Å². The molecular weight excluding hydrogens is 367 g/mol. The first-order valence-electron chi connectivity index (χ1n) is 7.86. The molecule has 2 aromatic heterocycles. The zero-order chi connectivity index (χ0) is 16.2. The van der Waals surface area contributed by atoms with Gasteiger partial charge in [-0.3, -0.25) is 4.98 Å². The van der Waals surface area contributed by atoms with Crippen LogP contribution >= 0.6 is 24.8 Å². The Bertz CT molecular complexity index is 963. The highest BCUT2D eigenvalue weighted by Crippen LogP contribution is 2.24. The third kappa shape index (κ3) is 4.28. The number of aromatic nitrogens is 3. The molecule has 0 saturated carbocycles. The topological polar surface area (TPSA) is 50.7 Å². The molecule has 132 valence electrons. The summed E-state index contributed by atoms with van der Waals surface area (Å²) in [6.07, 6.45) is 1.75. The Morgan fingerprint density at radius 1 is 0.731 bits per heavy atom. The first-order chi connectivity index (χ1) is 11.9. The van der Waals surface area contributed by atoms with Gasteiger partial charge >= 0.3 is 0 Å². The summed E-state index contributed by atoms with van der Waals surface area (Å²) in [5, 5.41) is 4.44. The zero-order valence-electron chi connectivity index (χ0n) is 13.9. The van der Waals surface area contributed by atoms with E-state index in [9.17, 15) is 0 Å². The fourth-order valence-electron chi connectivity index (χ4n) is 2.60. The fraction of sp³-hybridized carbons (Fsp3) is 0.0500. The SMILES string of the molecule is Cl.Cl.c1ccc(CNc2nc(-c3ccccn3)nc3ccccc23)cc1. The van der Waals surface area contributed by atoms with Crippen LogP contribution in [0, 0.1) is 0 Å². The second kappa shape index (κ2) is 9.13. The molecule has 0 aliphatic heterocycles. The van der Waals surface area contributed by atoms with Gasteiger partial charge in [0.05, 0.1) is 5.52 Å². The van der Waals surface area contributed by atoms with Crippen molar-refractivity contribution < 1.29 is 0 Å². The lowest BCUT2D eigenvalue weighted by Crippen LogP contribution is -2.04. The Kier molecular flexibility index (Phi) is 6.89. The van der Waals surface area contributed by atoms with E-state index in [0.29, 0.717) is 12.4 Å². The molecule has 0 saturated heterocycles. The Labute approximate surface area is 164 Å². The smallest absolute Gasteiger partial charge is 0.180 e. The molecule has 0 aliphatic carbocycles. The van der Waals surface area contributed by atoms with Gasteiger partial charge in [-0.25, -0.2) is 9.97 Å². The van der Waals surface area contributed by atoms with E-state index >= 15 is 0 Å². The molecule has 0 unspecified atom stereocenters. The first-order valence-corrected chi connectivity index (χ1v) is 7.86. The number of rotatable bonds is 4. The molecule has 0 radical (unpaired) electrons. The number of halogens is 2. The lowest BCUT2D eigenvalue weighted by Gasteiger charge is -2.10. The van der Waals surface area contributed by atoms with Crippen LogP contribution in [0.1, 0.15) is 5.56 Å². The molecule has 2 heterocycles. The number of hydrogen-bond acceptors (Lipinski definition) is 4. The van der Waals surface area contributed by atoms with Crippen molar-refractivity contribution in [2.24, 2.45) is 0 Å². The van der Waals surface area contributed by atoms with E-state index in [1.165, 1.54) is 5.56 Å². The Hall–Kier alpha value is -2.69. The van der Waals surface area contributed by atoms with E-state index in [-0.39, 0.29) is 24.8 Å². The monoisotopic (exact) mass is 384 g/mol. The van der Waals surface area contributed by atoms with Gasteiger partial charge in [-0.1, -0.05) is 48.5 Å². The third-order valence-electron chi connectivity index (χ3n) is 3.80. The maximum absolute atomic E-state index is 4.70. The largest absolute Gasteiger partial charge is 0.365 e. The normalized spacial score (nSPS) is 9.85. The number of anilines is 1. The summed E-state index contributed by atoms with van der Waals surface area (Å²) in [7, 11) is 0. The lowest BCUT2D eigenvalue weighted by molar-refractivity contribution is 1.10. The molecule has 0 amide bonds. The molecule has 6 heteroatoms. The third-order valence-corrected chi connectivity index (χ3v) is 3.80. The predicted octanol–water partition coefficient (Wildman–Crippen LogP) is 5.15. The van der Waals surface area contributed by atoms with Gasteiger partial charge in [0.15, 0.2) is 5.82 Å². The van der Waals surface area contributed by atoms with Crippen molar-refractivity contribution in [3.8, 4) is 11.5 Å². The minimum absolute atomic E-state index is 0. The van der Waals surface area contributed by atoms with Crippen LogP contribution in [0.5, 0.6) is 0 Å². The number of para-hydroxylation sites is 1. The molecule has 4 aromatic rings. The summed E-state index contributed by atoms with van der Waals surface area (Å²) in [6.45, 7) is 0.712. The Balaban J connectivity index is 0.00000121. The van der Waals surface area contributed by atoms with E-state index < -0.39 is 0 Å². The van der Waals surface area contributed by atoms with Crippen LogP contribution in [0.3, 0.4) is 0 Å².